The molecule has 2 aromatic rings. The van der Waals surface area contributed by atoms with Gasteiger partial charge in [-0.1, -0.05) is 24.3 Å². The summed E-state index contributed by atoms with van der Waals surface area (Å²) in [4.78, 5) is 11.4. The van der Waals surface area contributed by atoms with Gasteiger partial charge in [-0.3, -0.25) is 0 Å². The zero-order chi connectivity index (χ0) is 18.1. The Morgan fingerprint density at radius 3 is 2.65 bits per heavy atom. The number of benzene rings is 1. The van der Waals surface area contributed by atoms with E-state index in [1.165, 1.54) is 11.1 Å². The fourth-order valence-corrected chi connectivity index (χ4v) is 3.18. The van der Waals surface area contributed by atoms with Crippen molar-refractivity contribution in [3.05, 3.63) is 51.5 Å². The molecule has 1 heterocycles. The number of guanidine groups is 1. The van der Waals surface area contributed by atoms with Gasteiger partial charge in [0, 0.05) is 31.4 Å². The van der Waals surface area contributed by atoms with Gasteiger partial charge in [-0.2, -0.15) is 0 Å². The van der Waals surface area contributed by atoms with Crippen molar-refractivity contribution in [1.29, 1.82) is 0 Å². The molecule has 0 spiro atoms. The van der Waals surface area contributed by atoms with Crippen molar-refractivity contribution in [3.8, 4) is 0 Å². The van der Waals surface area contributed by atoms with Gasteiger partial charge in [0.05, 0.1) is 17.2 Å². The zero-order valence-electron chi connectivity index (χ0n) is 16.1. The molecule has 0 amide bonds. The van der Waals surface area contributed by atoms with Gasteiger partial charge in [0.25, 0.3) is 0 Å². The summed E-state index contributed by atoms with van der Waals surface area (Å²) in [6.45, 7) is 7.42. The number of nitrogens with one attached hydrogen (secondary N) is 2. The standard InChI is InChI=1S/C19H29N5S.HI/c1-5-20-19(21-10-9-18-14-25-15(2)23-18)22-12-16-7-6-8-17(11-16)13-24(3)4;/h6-8,11,14H,5,9-10,12-13H2,1-4H3,(H2,20,21,22);1H. The third-order valence-electron chi connectivity index (χ3n) is 3.59. The Labute approximate surface area is 178 Å². The average Bonchev–Trinajstić information content (AvgIpc) is 2.98. The second kappa shape index (κ2) is 12.2. The average molecular weight is 487 g/mol. The molecular formula is C19H30IN5S. The number of aliphatic imine (C=N–C) groups is 1. The van der Waals surface area contributed by atoms with E-state index in [4.69, 9.17) is 4.99 Å². The molecule has 5 nitrogen and oxygen atoms in total. The van der Waals surface area contributed by atoms with Crippen molar-refractivity contribution in [1.82, 2.24) is 20.5 Å². The molecule has 0 radical (unpaired) electrons. The summed E-state index contributed by atoms with van der Waals surface area (Å²) in [5.74, 6) is 0.854. The predicted octanol–water partition coefficient (Wildman–Crippen LogP) is 3.43. The molecule has 1 aromatic carbocycles. The van der Waals surface area contributed by atoms with Crippen molar-refractivity contribution < 1.29 is 0 Å². The second-order valence-corrected chi connectivity index (χ2v) is 7.35. The topological polar surface area (TPSA) is 52.6 Å². The highest BCUT2D eigenvalue weighted by Gasteiger charge is 2.02. The van der Waals surface area contributed by atoms with Crippen LogP contribution in [0.15, 0.2) is 34.6 Å². The summed E-state index contributed by atoms with van der Waals surface area (Å²) in [7, 11) is 4.17. The van der Waals surface area contributed by atoms with Crippen LogP contribution in [-0.2, 0) is 19.5 Å². The van der Waals surface area contributed by atoms with E-state index in [9.17, 15) is 0 Å². The van der Waals surface area contributed by atoms with Crippen molar-refractivity contribution >= 4 is 41.3 Å². The van der Waals surface area contributed by atoms with Crippen LogP contribution in [0.25, 0.3) is 0 Å². The number of rotatable bonds is 8. The maximum Gasteiger partial charge on any atom is 0.191 e. The van der Waals surface area contributed by atoms with Gasteiger partial charge in [0.1, 0.15) is 0 Å². The Kier molecular flexibility index (Phi) is 10.8. The van der Waals surface area contributed by atoms with Gasteiger partial charge in [-0.25, -0.2) is 9.98 Å². The number of aryl methyl sites for hydroxylation is 1. The SMILES string of the molecule is CCNC(=NCc1cccc(CN(C)C)c1)NCCc1csc(C)n1.I. The van der Waals surface area contributed by atoms with Crippen LogP contribution in [0.1, 0.15) is 28.8 Å². The van der Waals surface area contributed by atoms with E-state index in [-0.39, 0.29) is 24.0 Å². The molecule has 0 aliphatic rings. The second-order valence-electron chi connectivity index (χ2n) is 6.29. The minimum absolute atomic E-state index is 0. The predicted molar refractivity (Wildman–Crippen MR) is 123 cm³/mol. The lowest BCUT2D eigenvalue weighted by Gasteiger charge is -2.12. The van der Waals surface area contributed by atoms with Crippen molar-refractivity contribution in [2.45, 2.75) is 33.4 Å². The first-order chi connectivity index (χ1) is 12.1. The Morgan fingerprint density at radius 2 is 2.00 bits per heavy atom. The zero-order valence-corrected chi connectivity index (χ0v) is 19.2. The third-order valence-corrected chi connectivity index (χ3v) is 4.42. The number of thiazole rings is 1. The monoisotopic (exact) mass is 487 g/mol. The largest absolute Gasteiger partial charge is 0.357 e. The van der Waals surface area contributed by atoms with Crippen LogP contribution in [0.5, 0.6) is 0 Å². The van der Waals surface area contributed by atoms with Crippen LogP contribution in [-0.4, -0.2) is 43.0 Å². The Hall–Kier alpha value is -1.19. The van der Waals surface area contributed by atoms with Gasteiger partial charge in [-0.15, -0.1) is 35.3 Å². The maximum atomic E-state index is 4.70. The van der Waals surface area contributed by atoms with Crippen LogP contribution < -0.4 is 10.6 Å². The smallest absolute Gasteiger partial charge is 0.191 e. The normalized spacial score (nSPS) is 11.3. The van der Waals surface area contributed by atoms with Crippen molar-refractivity contribution in [3.63, 3.8) is 0 Å². The lowest BCUT2D eigenvalue weighted by Crippen LogP contribution is -2.38. The molecule has 0 aliphatic heterocycles. The van der Waals surface area contributed by atoms with E-state index in [1.807, 2.05) is 6.92 Å². The molecule has 0 unspecified atom stereocenters. The summed E-state index contributed by atoms with van der Waals surface area (Å²) in [6.07, 6.45) is 0.910. The van der Waals surface area contributed by atoms with Gasteiger partial charge < -0.3 is 15.5 Å². The fourth-order valence-electron chi connectivity index (χ4n) is 2.54. The number of hydrogen-bond donors (Lipinski definition) is 2. The van der Waals surface area contributed by atoms with Gasteiger partial charge >= 0.3 is 0 Å². The number of nitrogens with zero attached hydrogens (tertiary/aromatic N) is 3. The highest BCUT2D eigenvalue weighted by atomic mass is 127. The lowest BCUT2D eigenvalue weighted by molar-refractivity contribution is 0.402. The highest BCUT2D eigenvalue weighted by molar-refractivity contribution is 14.0. The van der Waals surface area contributed by atoms with Crippen LogP contribution in [0.3, 0.4) is 0 Å². The Morgan fingerprint density at radius 1 is 1.23 bits per heavy atom. The van der Waals surface area contributed by atoms with E-state index in [0.29, 0.717) is 6.54 Å². The number of hydrogen-bond acceptors (Lipinski definition) is 4. The van der Waals surface area contributed by atoms with Crippen molar-refractivity contribution in [2.24, 2.45) is 4.99 Å². The Bertz CT molecular complexity index is 684. The van der Waals surface area contributed by atoms with E-state index >= 15 is 0 Å². The molecule has 0 saturated carbocycles. The van der Waals surface area contributed by atoms with Crippen LogP contribution in [0, 0.1) is 6.92 Å². The highest BCUT2D eigenvalue weighted by Crippen LogP contribution is 2.09. The van der Waals surface area contributed by atoms with Gasteiger partial charge in [0.15, 0.2) is 5.96 Å². The molecule has 0 aliphatic carbocycles. The first kappa shape index (κ1) is 22.9. The maximum absolute atomic E-state index is 4.70. The van der Waals surface area contributed by atoms with E-state index in [0.717, 1.165) is 42.7 Å². The molecule has 0 bridgehead atoms. The molecule has 144 valence electrons. The van der Waals surface area contributed by atoms with Gasteiger partial charge in [0.2, 0.25) is 0 Å². The summed E-state index contributed by atoms with van der Waals surface area (Å²) in [5, 5.41) is 9.94. The molecule has 7 heteroatoms. The summed E-state index contributed by atoms with van der Waals surface area (Å²) >= 11 is 1.70. The van der Waals surface area contributed by atoms with E-state index in [1.54, 1.807) is 11.3 Å². The van der Waals surface area contributed by atoms with Crippen LogP contribution in [0.4, 0.5) is 0 Å². The summed E-state index contributed by atoms with van der Waals surface area (Å²) in [5.41, 5.74) is 3.68. The molecule has 2 N–H and O–H groups in total. The molecule has 1 aromatic heterocycles. The summed E-state index contributed by atoms with van der Waals surface area (Å²) in [6, 6.07) is 8.62. The first-order valence-corrected chi connectivity index (χ1v) is 9.60. The molecule has 0 saturated heterocycles. The molecular weight excluding hydrogens is 457 g/mol. The summed E-state index contributed by atoms with van der Waals surface area (Å²) < 4.78 is 0. The lowest BCUT2D eigenvalue weighted by atomic mass is 10.1. The minimum Gasteiger partial charge on any atom is -0.357 e. The first-order valence-electron chi connectivity index (χ1n) is 8.72. The van der Waals surface area contributed by atoms with Crippen LogP contribution >= 0.6 is 35.3 Å². The van der Waals surface area contributed by atoms with E-state index in [2.05, 4.69) is 71.2 Å². The number of aromatic nitrogens is 1. The minimum atomic E-state index is 0. The van der Waals surface area contributed by atoms with Crippen LogP contribution in [0.2, 0.25) is 0 Å². The molecule has 2 rings (SSSR count). The number of halogens is 1. The van der Waals surface area contributed by atoms with Crippen molar-refractivity contribution in [2.75, 3.05) is 27.2 Å². The van der Waals surface area contributed by atoms with E-state index < -0.39 is 0 Å². The third kappa shape index (κ3) is 8.46. The fraction of sp³-hybridized carbons (Fsp3) is 0.474. The molecule has 26 heavy (non-hydrogen) atoms. The Balaban J connectivity index is 0.00000338. The van der Waals surface area contributed by atoms with Gasteiger partial charge in [-0.05, 0) is 39.1 Å². The molecule has 0 fully saturated rings. The quantitative estimate of drug-likeness (QED) is 0.341. The molecule has 0 atom stereocenters.